The van der Waals surface area contributed by atoms with Gasteiger partial charge in [0, 0.05) is 6.54 Å². The van der Waals surface area contributed by atoms with Gasteiger partial charge in [-0.3, -0.25) is 4.79 Å². The smallest absolute Gasteiger partial charge is 0.243 e. The van der Waals surface area contributed by atoms with Gasteiger partial charge in [0.05, 0.1) is 0 Å². The van der Waals surface area contributed by atoms with E-state index in [0.717, 1.165) is 12.0 Å². The van der Waals surface area contributed by atoms with Crippen molar-refractivity contribution in [3.05, 3.63) is 60.7 Å². The average molecular weight is 201 g/mol. The summed E-state index contributed by atoms with van der Waals surface area (Å²) in [5.74, 6) is -0.148. The lowest BCUT2D eigenvalue weighted by molar-refractivity contribution is -0.116. The Morgan fingerprint density at radius 3 is 2.33 bits per heavy atom. The molecular formula is C13H15NO. The maximum atomic E-state index is 10.9. The van der Waals surface area contributed by atoms with Crippen LogP contribution in [0.2, 0.25) is 0 Å². The van der Waals surface area contributed by atoms with Crippen LogP contribution >= 0.6 is 0 Å². The highest BCUT2D eigenvalue weighted by Crippen LogP contribution is 2.05. The van der Waals surface area contributed by atoms with Gasteiger partial charge in [-0.15, -0.1) is 6.58 Å². The first-order valence-electron chi connectivity index (χ1n) is 4.85. The minimum absolute atomic E-state index is 0.148. The normalized spacial score (nSPS) is 9.33. The van der Waals surface area contributed by atoms with Crippen molar-refractivity contribution in [2.45, 2.75) is 13.0 Å². The first kappa shape index (κ1) is 11.2. The molecule has 15 heavy (non-hydrogen) atoms. The van der Waals surface area contributed by atoms with Crippen LogP contribution in [0.5, 0.6) is 0 Å². The van der Waals surface area contributed by atoms with Crippen molar-refractivity contribution < 1.29 is 4.79 Å². The maximum Gasteiger partial charge on any atom is 0.243 e. The van der Waals surface area contributed by atoms with Crippen LogP contribution < -0.4 is 5.32 Å². The molecule has 2 heteroatoms. The van der Waals surface area contributed by atoms with Crippen LogP contribution in [0.1, 0.15) is 11.1 Å². The summed E-state index contributed by atoms with van der Waals surface area (Å²) in [6.45, 7) is 7.61. The Morgan fingerprint density at radius 2 is 1.80 bits per heavy atom. The molecule has 0 saturated heterocycles. The van der Waals surface area contributed by atoms with Crippen molar-refractivity contribution in [3.63, 3.8) is 0 Å². The Labute approximate surface area is 90.3 Å². The monoisotopic (exact) mass is 201 g/mol. The van der Waals surface area contributed by atoms with Gasteiger partial charge in [-0.25, -0.2) is 0 Å². The summed E-state index contributed by atoms with van der Waals surface area (Å²) in [6.07, 6.45) is 4.01. The lowest BCUT2D eigenvalue weighted by atomic mass is 10.1. The predicted molar refractivity (Wildman–Crippen MR) is 62.4 cm³/mol. The molecule has 1 aromatic carbocycles. The Morgan fingerprint density at radius 1 is 1.20 bits per heavy atom. The summed E-state index contributed by atoms with van der Waals surface area (Å²) < 4.78 is 0. The fraction of sp³-hybridized carbons (Fsp3) is 0.154. The molecule has 0 spiro atoms. The van der Waals surface area contributed by atoms with Gasteiger partial charge in [0.1, 0.15) is 0 Å². The van der Waals surface area contributed by atoms with Crippen molar-refractivity contribution in [1.82, 2.24) is 5.32 Å². The summed E-state index contributed by atoms with van der Waals surface area (Å²) in [4.78, 5) is 10.9. The number of benzene rings is 1. The third-order valence-corrected chi connectivity index (χ3v) is 2.06. The molecule has 0 aliphatic heterocycles. The van der Waals surface area contributed by atoms with E-state index < -0.39 is 0 Å². The molecule has 0 saturated carbocycles. The highest BCUT2D eigenvalue weighted by atomic mass is 16.1. The van der Waals surface area contributed by atoms with E-state index in [1.165, 1.54) is 11.6 Å². The number of amides is 1. The summed E-state index contributed by atoms with van der Waals surface area (Å²) in [5.41, 5.74) is 2.31. The second kappa shape index (κ2) is 5.81. The molecule has 0 aliphatic rings. The van der Waals surface area contributed by atoms with E-state index in [2.05, 4.69) is 18.5 Å². The minimum atomic E-state index is -0.148. The molecule has 0 atom stereocenters. The summed E-state index contributed by atoms with van der Waals surface area (Å²) in [6, 6.07) is 8.08. The van der Waals surface area contributed by atoms with Gasteiger partial charge in [0.15, 0.2) is 0 Å². The molecule has 2 nitrogen and oxygen atoms in total. The standard InChI is InChI=1S/C13H15NO/c1-3-5-11-6-8-12(9-7-11)10-14-13(15)4-2/h3-4,6-9H,1-2,5,10H2,(H,14,15). The Balaban J connectivity index is 2.52. The van der Waals surface area contributed by atoms with Crippen molar-refractivity contribution in [3.8, 4) is 0 Å². The molecule has 0 aliphatic carbocycles. The molecule has 0 fully saturated rings. The van der Waals surface area contributed by atoms with Gasteiger partial charge in [0.2, 0.25) is 5.91 Å². The average Bonchev–Trinajstić information content (AvgIpc) is 2.28. The quantitative estimate of drug-likeness (QED) is 0.574. The zero-order valence-corrected chi connectivity index (χ0v) is 8.70. The third kappa shape index (κ3) is 3.81. The van der Waals surface area contributed by atoms with E-state index in [9.17, 15) is 4.79 Å². The van der Waals surface area contributed by atoms with Crippen molar-refractivity contribution in [2.24, 2.45) is 0 Å². The minimum Gasteiger partial charge on any atom is -0.348 e. The topological polar surface area (TPSA) is 29.1 Å². The second-order valence-corrected chi connectivity index (χ2v) is 3.23. The lowest BCUT2D eigenvalue weighted by Gasteiger charge is -2.03. The molecule has 1 amide bonds. The number of hydrogen-bond donors (Lipinski definition) is 1. The lowest BCUT2D eigenvalue weighted by Crippen LogP contribution is -2.19. The van der Waals surface area contributed by atoms with Crippen LogP contribution in [-0.2, 0) is 17.8 Å². The molecule has 0 heterocycles. The molecule has 0 bridgehead atoms. The number of hydrogen-bond acceptors (Lipinski definition) is 1. The first-order chi connectivity index (χ1) is 7.26. The second-order valence-electron chi connectivity index (χ2n) is 3.23. The van der Waals surface area contributed by atoms with Crippen molar-refractivity contribution in [1.29, 1.82) is 0 Å². The van der Waals surface area contributed by atoms with Crippen LogP contribution in [0.4, 0.5) is 0 Å². The SMILES string of the molecule is C=CCc1ccc(CNC(=O)C=C)cc1. The third-order valence-electron chi connectivity index (χ3n) is 2.06. The number of allylic oxidation sites excluding steroid dienone is 1. The van der Waals surface area contributed by atoms with Gasteiger partial charge in [-0.2, -0.15) is 0 Å². The summed E-state index contributed by atoms with van der Waals surface area (Å²) in [5, 5.41) is 2.72. The van der Waals surface area contributed by atoms with Gasteiger partial charge >= 0.3 is 0 Å². The molecular weight excluding hydrogens is 186 g/mol. The highest BCUT2D eigenvalue weighted by molar-refractivity contribution is 5.86. The predicted octanol–water partition coefficient (Wildman–Crippen LogP) is 2.22. The van der Waals surface area contributed by atoms with E-state index in [4.69, 9.17) is 0 Å². The van der Waals surface area contributed by atoms with Crippen LogP contribution in [0.25, 0.3) is 0 Å². The highest BCUT2D eigenvalue weighted by Gasteiger charge is 1.95. The number of carbonyl (C=O) groups is 1. The molecule has 0 unspecified atom stereocenters. The molecule has 0 aromatic heterocycles. The van der Waals surface area contributed by atoms with Gasteiger partial charge < -0.3 is 5.32 Å². The summed E-state index contributed by atoms with van der Waals surface area (Å²) in [7, 11) is 0. The Bertz CT molecular complexity index is 351. The zero-order valence-electron chi connectivity index (χ0n) is 8.70. The fourth-order valence-corrected chi connectivity index (χ4v) is 1.22. The molecule has 0 radical (unpaired) electrons. The fourth-order valence-electron chi connectivity index (χ4n) is 1.22. The van der Waals surface area contributed by atoms with Gasteiger partial charge in [0.25, 0.3) is 0 Å². The van der Waals surface area contributed by atoms with E-state index in [0.29, 0.717) is 6.54 Å². The molecule has 78 valence electrons. The van der Waals surface area contributed by atoms with Crippen LogP contribution in [0.3, 0.4) is 0 Å². The van der Waals surface area contributed by atoms with Gasteiger partial charge in [-0.05, 0) is 23.6 Å². The van der Waals surface area contributed by atoms with Crippen LogP contribution in [0, 0.1) is 0 Å². The van der Waals surface area contributed by atoms with Crippen molar-refractivity contribution in [2.75, 3.05) is 0 Å². The van der Waals surface area contributed by atoms with E-state index in [1.807, 2.05) is 30.3 Å². The van der Waals surface area contributed by atoms with E-state index in [-0.39, 0.29) is 5.91 Å². The number of carbonyl (C=O) groups excluding carboxylic acids is 1. The number of nitrogens with one attached hydrogen (secondary N) is 1. The summed E-state index contributed by atoms with van der Waals surface area (Å²) >= 11 is 0. The largest absolute Gasteiger partial charge is 0.348 e. The van der Waals surface area contributed by atoms with Gasteiger partial charge in [-0.1, -0.05) is 36.9 Å². The Hall–Kier alpha value is -1.83. The Kier molecular flexibility index (Phi) is 4.35. The molecule has 1 rings (SSSR count). The zero-order chi connectivity index (χ0) is 11.1. The van der Waals surface area contributed by atoms with E-state index in [1.54, 1.807) is 0 Å². The maximum absolute atomic E-state index is 10.9. The van der Waals surface area contributed by atoms with Crippen LogP contribution in [-0.4, -0.2) is 5.91 Å². The number of rotatable bonds is 5. The van der Waals surface area contributed by atoms with Crippen LogP contribution in [0.15, 0.2) is 49.6 Å². The molecule has 1 N–H and O–H groups in total. The van der Waals surface area contributed by atoms with Crippen molar-refractivity contribution >= 4 is 5.91 Å². The van der Waals surface area contributed by atoms with E-state index >= 15 is 0 Å². The first-order valence-corrected chi connectivity index (χ1v) is 4.85. The molecule has 1 aromatic rings.